The van der Waals surface area contributed by atoms with Crippen LogP contribution >= 0.6 is 22.6 Å². The zero-order chi connectivity index (χ0) is 14.3. The fraction of sp³-hybridized carbons (Fsp3) is 0.562. The highest BCUT2D eigenvalue weighted by molar-refractivity contribution is 14.1. The lowest BCUT2D eigenvalue weighted by Crippen LogP contribution is -2.50. The van der Waals surface area contributed by atoms with Gasteiger partial charge in [0.1, 0.15) is 5.78 Å². The van der Waals surface area contributed by atoms with Crippen LogP contribution in [0.25, 0.3) is 0 Å². The van der Waals surface area contributed by atoms with Gasteiger partial charge in [-0.1, -0.05) is 19.1 Å². The third-order valence-electron chi connectivity index (χ3n) is 4.75. The van der Waals surface area contributed by atoms with Crippen LogP contribution in [-0.4, -0.2) is 29.1 Å². The normalized spacial score (nSPS) is 36.0. The Morgan fingerprint density at radius 2 is 2.05 bits per heavy atom. The molecule has 2 saturated heterocycles. The Bertz CT molecular complexity index is 502. The molecule has 2 fully saturated rings. The molecule has 20 heavy (non-hydrogen) atoms. The van der Waals surface area contributed by atoms with E-state index in [-0.39, 0.29) is 29.8 Å². The number of aliphatic hydroxyl groups excluding tert-OH is 1. The Kier molecular flexibility index (Phi) is 4.15. The smallest absolute Gasteiger partial charge is 0.137 e. The lowest BCUT2D eigenvalue weighted by atomic mass is 9.74. The van der Waals surface area contributed by atoms with E-state index in [1.165, 1.54) is 9.13 Å². The average Bonchev–Trinajstić information content (AvgIpc) is 2.74. The molecule has 5 atom stereocenters. The summed E-state index contributed by atoms with van der Waals surface area (Å²) in [6.07, 6.45) is 1.89. The number of hydrogen-bond acceptors (Lipinski definition) is 3. The molecule has 0 saturated carbocycles. The van der Waals surface area contributed by atoms with E-state index in [0.29, 0.717) is 12.5 Å². The molecule has 0 radical (unpaired) electrons. The topological polar surface area (TPSA) is 49.3 Å². The van der Waals surface area contributed by atoms with Crippen molar-refractivity contribution in [2.45, 2.75) is 50.3 Å². The predicted octanol–water partition coefficient (Wildman–Crippen LogP) is 2.47. The molecule has 2 aliphatic heterocycles. The molecule has 2 bridgehead atoms. The monoisotopic (exact) mass is 385 g/mol. The minimum absolute atomic E-state index is 0.0644. The summed E-state index contributed by atoms with van der Waals surface area (Å²) in [7, 11) is 0. The number of halogens is 1. The standard InChI is InChI=1S/C16H20INO2/c1-2-13(19)15-12(9-3-5-10(17)6-4-9)7-11-8-14(20)16(15)18-11/h3-6,11-12,14-16,18,20H,2,7-8H2,1H3/t11?,12-,14?,15+,16+/m0/s1. The molecular formula is C16H20INO2. The number of aliphatic hydroxyl groups is 1. The molecule has 2 unspecified atom stereocenters. The number of piperidine rings is 1. The van der Waals surface area contributed by atoms with Crippen molar-refractivity contribution < 1.29 is 9.90 Å². The first-order valence-electron chi connectivity index (χ1n) is 7.32. The van der Waals surface area contributed by atoms with Crippen LogP contribution in [0.2, 0.25) is 0 Å². The largest absolute Gasteiger partial charge is 0.391 e. The SMILES string of the molecule is CCC(=O)[C@@H]1[C@@H]2NC(CC2O)C[C@H]1c1ccc(I)cc1. The maximum Gasteiger partial charge on any atom is 0.137 e. The molecule has 2 N–H and O–H groups in total. The third kappa shape index (κ3) is 2.53. The Labute approximate surface area is 133 Å². The maximum absolute atomic E-state index is 12.4. The molecule has 3 rings (SSSR count). The van der Waals surface area contributed by atoms with Gasteiger partial charge in [-0.3, -0.25) is 4.79 Å². The van der Waals surface area contributed by atoms with E-state index in [2.05, 4.69) is 52.2 Å². The molecule has 2 aliphatic rings. The molecule has 1 aromatic rings. The summed E-state index contributed by atoms with van der Waals surface area (Å²) in [5, 5.41) is 13.7. The highest BCUT2D eigenvalue weighted by Crippen LogP contribution is 2.42. The summed E-state index contributed by atoms with van der Waals surface area (Å²) in [6.45, 7) is 1.92. The number of rotatable bonds is 3. The number of carbonyl (C=O) groups is 1. The third-order valence-corrected chi connectivity index (χ3v) is 5.47. The van der Waals surface area contributed by atoms with Crippen LogP contribution < -0.4 is 5.32 Å². The first-order chi connectivity index (χ1) is 9.60. The Hall–Kier alpha value is -0.460. The average molecular weight is 385 g/mol. The van der Waals surface area contributed by atoms with Crippen LogP contribution in [0, 0.1) is 9.49 Å². The summed E-state index contributed by atoms with van der Waals surface area (Å²) in [5.74, 6) is 0.423. The van der Waals surface area contributed by atoms with Gasteiger partial charge in [0.05, 0.1) is 6.10 Å². The zero-order valence-electron chi connectivity index (χ0n) is 11.6. The molecule has 0 amide bonds. The van der Waals surface area contributed by atoms with E-state index < -0.39 is 0 Å². The van der Waals surface area contributed by atoms with Crippen LogP contribution in [0.3, 0.4) is 0 Å². The quantitative estimate of drug-likeness (QED) is 0.787. The van der Waals surface area contributed by atoms with Crippen molar-refractivity contribution in [2.24, 2.45) is 5.92 Å². The fourth-order valence-corrected chi connectivity index (χ4v) is 4.17. The van der Waals surface area contributed by atoms with Gasteiger partial charge in [-0.25, -0.2) is 0 Å². The van der Waals surface area contributed by atoms with E-state index in [4.69, 9.17) is 0 Å². The van der Waals surface area contributed by atoms with E-state index in [9.17, 15) is 9.90 Å². The van der Waals surface area contributed by atoms with Crippen molar-refractivity contribution in [1.29, 1.82) is 0 Å². The number of ketones is 1. The van der Waals surface area contributed by atoms with Crippen LogP contribution in [-0.2, 0) is 4.79 Å². The van der Waals surface area contributed by atoms with Gasteiger partial charge in [0, 0.05) is 28.0 Å². The number of carbonyl (C=O) groups excluding carboxylic acids is 1. The minimum atomic E-state index is -0.380. The number of benzene rings is 1. The van der Waals surface area contributed by atoms with Gasteiger partial charge in [0.2, 0.25) is 0 Å². The van der Waals surface area contributed by atoms with E-state index in [1.54, 1.807) is 0 Å². The first kappa shape index (κ1) is 14.5. The lowest BCUT2D eigenvalue weighted by molar-refractivity contribution is -0.125. The summed E-state index contributed by atoms with van der Waals surface area (Å²) >= 11 is 2.30. The number of Topliss-reactive ketones (excluding diaryl/α,β-unsaturated/α-hetero) is 1. The van der Waals surface area contributed by atoms with E-state index in [0.717, 1.165) is 12.8 Å². The molecular weight excluding hydrogens is 365 g/mol. The molecule has 1 aromatic carbocycles. The highest BCUT2D eigenvalue weighted by atomic mass is 127. The van der Waals surface area contributed by atoms with Crippen molar-refractivity contribution in [1.82, 2.24) is 5.32 Å². The second kappa shape index (κ2) is 5.73. The predicted molar refractivity (Wildman–Crippen MR) is 86.6 cm³/mol. The Morgan fingerprint density at radius 3 is 2.70 bits per heavy atom. The highest BCUT2D eigenvalue weighted by Gasteiger charge is 2.49. The molecule has 108 valence electrons. The van der Waals surface area contributed by atoms with Crippen molar-refractivity contribution >= 4 is 28.4 Å². The Morgan fingerprint density at radius 1 is 1.35 bits per heavy atom. The van der Waals surface area contributed by atoms with Crippen LogP contribution in [0.4, 0.5) is 0 Å². The van der Waals surface area contributed by atoms with Crippen molar-refractivity contribution in [3.8, 4) is 0 Å². The molecule has 0 aromatic heterocycles. The van der Waals surface area contributed by atoms with Gasteiger partial charge in [0.15, 0.2) is 0 Å². The molecule has 0 aliphatic carbocycles. The Balaban J connectivity index is 1.95. The zero-order valence-corrected chi connectivity index (χ0v) is 13.7. The number of fused-ring (bicyclic) bond motifs is 2. The van der Waals surface area contributed by atoms with Crippen molar-refractivity contribution in [3.63, 3.8) is 0 Å². The van der Waals surface area contributed by atoms with Crippen molar-refractivity contribution in [3.05, 3.63) is 33.4 Å². The lowest BCUT2D eigenvalue weighted by Gasteiger charge is -2.37. The van der Waals surface area contributed by atoms with Gasteiger partial charge in [-0.05, 0) is 59.0 Å². The molecule has 3 nitrogen and oxygen atoms in total. The van der Waals surface area contributed by atoms with Gasteiger partial charge in [0.25, 0.3) is 0 Å². The van der Waals surface area contributed by atoms with Crippen molar-refractivity contribution in [2.75, 3.05) is 0 Å². The first-order valence-corrected chi connectivity index (χ1v) is 8.40. The van der Waals surface area contributed by atoms with Gasteiger partial charge in [-0.2, -0.15) is 0 Å². The minimum Gasteiger partial charge on any atom is -0.391 e. The summed E-state index contributed by atoms with van der Waals surface area (Å²) in [6, 6.07) is 8.76. The summed E-state index contributed by atoms with van der Waals surface area (Å²) in [5.41, 5.74) is 1.24. The second-order valence-corrected chi connectivity index (χ2v) is 7.18. The van der Waals surface area contributed by atoms with Gasteiger partial charge < -0.3 is 10.4 Å². The van der Waals surface area contributed by atoms with Crippen LogP contribution in [0.5, 0.6) is 0 Å². The number of nitrogens with one attached hydrogen (secondary N) is 1. The molecule has 4 heteroatoms. The molecule has 0 spiro atoms. The maximum atomic E-state index is 12.4. The van der Waals surface area contributed by atoms with Crippen LogP contribution in [0.1, 0.15) is 37.7 Å². The summed E-state index contributed by atoms with van der Waals surface area (Å²) < 4.78 is 1.21. The van der Waals surface area contributed by atoms with Gasteiger partial charge >= 0.3 is 0 Å². The summed E-state index contributed by atoms with van der Waals surface area (Å²) in [4.78, 5) is 12.4. The van der Waals surface area contributed by atoms with Crippen LogP contribution in [0.15, 0.2) is 24.3 Å². The van der Waals surface area contributed by atoms with E-state index >= 15 is 0 Å². The molecule has 2 heterocycles. The second-order valence-electron chi connectivity index (χ2n) is 5.93. The van der Waals surface area contributed by atoms with Gasteiger partial charge in [-0.15, -0.1) is 0 Å². The fourth-order valence-electron chi connectivity index (χ4n) is 3.81. The van der Waals surface area contributed by atoms with E-state index in [1.807, 2.05) is 6.92 Å². The number of hydrogen-bond donors (Lipinski definition) is 2.